The average Bonchev–Trinajstić information content (AvgIpc) is 2.22. The Kier molecular flexibility index (Phi) is 5.15. The third-order valence-corrected chi connectivity index (χ3v) is 3.18. The van der Waals surface area contributed by atoms with Crippen LogP contribution in [0.2, 0.25) is 10.2 Å². The second-order valence-electron chi connectivity index (χ2n) is 3.49. The summed E-state index contributed by atoms with van der Waals surface area (Å²) in [5.41, 5.74) is 0. The molecule has 0 aromatic carbocycles. The molecule has 0 spiro atoms. The van der Waals surface area contributed by atoms with E-state index in [0.717, 1.165) is 6.33 Å². The molecular formula is C8H10Cl2N4O4S. The van der Waals surface area contributed by atoms with Crippen molar-refractivity contribution in [2.45, 2.75) is 20.0 Å². The van der Waals surface area contributed by atoms with Gasteiger partial charge in [-0.15, -0.1) is 0 Å². The van der Waals surface area contributed by atoms with Gasteiger partial charge in [0.1, 0.15) is 11.3 Å². The summed E-state index contributed by atoms with van der Waals surface area (Å²) in [6.45, 7) is 3.14. The first-order valence-corrected chi connectivity index (χ1v) is 7.12. The van der Waals surface area contributed by atoms with Crippen molar-refractivity contribution in [1.82, 2.24) is 14.7 Å². The monoisotopic (exact) mass is 328 g/mol. The van der Waals surface area contributed by atoms with Gasteiger partial charge in [0.15, 0.2) is 11.0 Å². The van der Waals surface area contributed by atoms with E-state index in [0.29, 0.717) is 0 Å². The molecule has 1 aromatic rings. The molecule has 0 aliphatic carbocycles. The third-order valence-electron chi connectivity index (χ3n) is 1.54. The Labute approximate surface area is 119 Å². The molecule has 0 saturated carbocycles. The molecule has 0 bridgehead atoms. The Bertz CT molecular complexity index is 578. The van der Waals surface area contributed by atoms with Crippen LogP contribution in [0.15, 0.2) is 6.33 Å². The maximum absolute atomic E-state index is 11.6. The number of hydrogen-bond donors (Lipinski definition) is 2. The highest BCUT2D eigenvalue weighted by molar-refractivity contribution is 7.91. The maximum atomic E-state index is 11.6. The molecule has 19 heavy (non-hydrogen) atoms. The molecule has 0 atom stereocenters. The number of carbonyl (C=O) groups excluding carboxylic acids is 1. The maximum Gasteiger partial charge on any atom is 0.422 e. The van der Waals surface area contributed by atoms with Gasteiger partial charge in [0, 0.05) is 0 Å². The van der Waals surface area contributed by atoms with Crippen LogP contribution in [0.5, 0.6) is 0 Å². The van der Waals surface area contributed by atoms with Crippen molar-refractivity contribution in [2.75, 3.05) is 4.72 Å². The lowest BCUT2D eigenvalue weighted by molar-refractivity contribution is 0.121. The fraction of sp³-hybridized carbons (Fsp3) is 0.375. The molecule has 8 nitrogen and oxygen atoms in total. The number of anilines is 1. The second-order valence-corrected chi connectivity index (χ2v) is 5.64. The van der Waals surface area contributed by atoms with Gasteiger partial charge >= 0.3 is 16.3 Å². The van der Waals surface area contributed by atoms with Gasteiger partial charge in [0.05, 0.1) is 6.10 Å². The highest BCUT2D eigenvalue weighted by atomic mass is 35.5. The molecule has 1 aromatic heterocycles. The lowest BCUT2D eigenvalue weighted by atomic mass is 10.5. The lowest BCUT2D eigenvalue weighted by Gasteiger charge is -2.11. The first-order valence-electron chi connectivity index (χ1n) is 4.88. The molecule has 2 N–H and O–H groups in total. The third kappa shape index (κ3) is 5.05. The number of ether oxygens (including phenoxy) is 1. The summed E-state index contributed by atoms with van der Waals surface area (Å²) in [7, 11) is -4.23. The quantitative estimate of drug-likeness (QED) is 0.812. The highest BCUT2D eigenvalue weighted by Gasteiger charge is 2.19. The smallest absolute Gasteiger partial charge is 0.422 e. The van der Waals surface area contributed by atoms with Gasteiger partial charge < -0.3 is 4.74 Å². The van der Waals surface area contributed by atoms with Gasteiger partial charge in [-0.25, -0.2) is 24.2 Å². The normalized spacial score (nSPS) is 11.2. The van der Waals surface area contributed by atoms with E-state index >= 15 is 0 Å². The van der Waals surface area contributed by atoms with E-state index in [9.17, 15) is 13.2 Å². The summed E-state index contributed by atoms with van der Waals surface area (Å²) in [5.74, 6) is -0.258. The van der Waals surface area contributed by atoms with Crippen LogP contribution in [0, 0.1) is 0 Å². The Morgan fingerprint density at radius 1 is 1.37 bits per heavy atom. The minimum absolute atomic E-state index is 0.126. The van der Waals surface area contributed by atoms with E-state index in [-0.39, 0.29) is 16.0 Å². The summed E-state index contributed by atoms with van der Waals surface area (Å²) < 4.78 is 31.3. The Balaban J connectivity index is 2.80. The molecule has 0 aliphatic heterocycles. The predicted octanol–water partition coefficient (Wildman–Crippen LogP) is 1.57. The number of nitrogens with zero attached hydrogens (tertiary/aromatic N) is 2. The van der Waals surface area contributed by atoms with Crippen molar-refractivity contribution < 1.29 is 17.9 Å². The van der Waals surface area contributed by atoms with Crippen molar-refractivity contribution in [3.05, 3.63) is 16.5 Å². The number of hydrogen-bond acceptors (Lipinski definition) is 6. The number of amides is 1. The predicted molar refractivity (Wildman–Crippen MR) is 69.3 cm³/mol. The minimum Gasteiger partial charge on any atom is -0.446 e. The molecule has 106 valence electrons. The zero-order valence-electron chi connectivity index (χ0n) is 9.85. The lowest BCUT2D eigenvalue weighted by Crippen LogP contribution is -2.37. The first-order chi connectivity index (χ1) is 8.71. The fourth-order valence-electron chi connectivity index (χ4n) is 0.920. The SMILES string of the molecule is CC(C)OC(=O)NS(=O)(=O)Nc1ncnc(Cl)c1Cl. The molecule has 1 amide bonds. The summed E-state index contributed by atoms with van der Waals surface area (Å²) in [4.78, 5) is 18.3. The van der Waals surface area contributed by atoms with Crippen molar-refractivity contribution >= 4 is 45.3 Å². The van der Waals surface area contributed by atoms with Crippen LogP contribution in [0.3, 0.4) is 0 Å². The summed E-state index contributed by atoms with van der Waals surface area (Å²) >= 11 is 11.3. The van der Waals surface area contributed by atoms with Gasteiger partial charge in [0.2, 0.25) is 0 Å². The molecule has 0 radical (unpaired) electrons. The average molecular weight is 329 g/mol. The van der Waals surface area contributed by atoms with E-state index in [1.807, 2.05) is 4.72 Å². The van der Waals surface area contributed by atoms with Crippen LogP contribution in [0.1, 0.15) is 13.8 Å². The van der Waals surface area contributed by atoms with Crippen molar-refractivity contribution in [2.24, 2.45) is 0 Å². The van der Waals surface area contributed by atoms with Crippen LogP contribution < -0.4 is 9.44 Å². The van der Waals surface area contributed by atoms with Crippen molar-refractivity contribution in [3.8, 4) is 0 Å². The van der Waals surface area contributed by atoms with Crippen LogP contribution in [-0.4, -0.2) is 30.6 Å². The number of rotatable bonds is 4. The highest BCUT2D eigenvalue weighted by Crippen LogP contribution is 2.25. The number of halogens is 2. The van der Waals surface area contributed by atoms with Crippen LogP contribution in [-0.2, 0) is 14.9 Å². The van der Waals surface area contributed by atoms with Gasteiger partial charge in [-0.05, 0) is 13.8 Å². The molecule has 0 saturated heterocycles. The largest absolute Gasteiger partial charge is 0.446 e. The van der Waals surface area contributed by atoms with E-state index < -0.39 is 22.4 Å². The van der Waals surface area contributed by atoms with Crippen LogP contribution >= 0.6 is 23.2 Å². The number of aromatic nitrogens is 2. The van der Waals surface area contributed by atoms with Gasteiger partial charge in [0.25, 0.3) is 0 Å². The Hall–Kier alpha value is -1.32. The summed E-state index contributed by atoms with van der Waals surface area (Å²) in [5, 5.41) is -0.314. The topological polar surface area (TPSA) is 110 Å². The minimum atomic E-state index is -4.23. The standard InChI is InChI=1S/C8H10Cl2N4O4S/c1-4(2)18-8(15)14-19(16,17)13-7-5(9)6(10)11-3-12-7/h3-4H,1-2H3,(H,14,15)(H,11,12,13). The van der Waals surface area contributed by atoms with Gasteiger partial charge in [-0.3, -0.25) is 0 Å². The number of nitrogens with one attached hydrogen (secondary N) is 2. The van der Waals surface area contributed by atoms with Crippen molar-refractivity contribution in [3.63, 3.8) is 0 Å². The molecular weight excluding hydrogens is 319 g/mol. The van der Waals surface area contributed by atoms with Crippen LogP contribution in [0.25, 0.3) is 0 Å². The summed E-state index contributed by atoms with van der Waals surface area (Å²) in [6, 6.07) is 0. The molecule has 1 rings (SSSR count). The van der Waals surface area contributed by atoms with E-state index in [4.69, 9.17) is 23.2 Å². The zero-order valence-corrected chi connectivity index (χ0v) is 12.2. The molecule has 0 fully saturated rings. The summed E-state index contributed by atoms with van der Waals surface area (Å²) in [6.07, 6.45) is -0.579. The number of carbonyl (C=O) groups is 1. The second kappa shape index (κ2) is 6.22. The molecule has 1 heterocycles. The van der Waals surface area contributed by atoms with Crippen LogP contribution in [0.4, 0.5) is 10.6 Å². The molecule has 11 heteroatoms. The molecule has 0 aliphatic rings. The zero-order chi connectivity index (χ0) is 14.6. The van der Waals surface area contributed by atoms with E-state index in [1.54, 1.807) is 18.6 Å². The van der Waals surface area contributed by atoms with Crippen molar-refractivity contribution in [1.29, 1.82) is 0 Å². The fourth-order valence-corrected chi connectivity index (χ4v) is 1.98. The Morgan fingerprint density at radius 3 is 2.58 bits per heavy atom. The van der Waals surface area contributed by atoms with Gasteiger partial charge in [-0.2, -0.15) is 8.42 Å². The van der Waals surface area contributed by atoms with Gasteiger partial charge in [-0.1, -0.05) is 23.2 Å². The Morgan fingerprint density at radius 2 is 2.00 bits per heavy atom. The van der Waals surface area contributed by atoms with E-state index in [2.05, 4.69) is 14.7 Å². The molecule has 0 unspecified atom stereocenters. The first kappa shape index (κ1) is 15.7. The van der Waals surface area contributed by atoms with E-state index in [1.165, 1.54) is 0 Å².